The van der Waals surface area contributed by atoms with Crippen molar-refractivity contribution in [1.82, 2.24) is 5.32 Å². The molecule has 1 aliphatic rings. The molecule has 1 aliphatic heterocycles. The molecule has 1 aromatic carbocycles. The first kappa shape index (κ1) is 13.4. The van der Waals surface area contributed by atoms with Crippen molar-refractivity contribution in [2.45, 2.75) is 25.4 Å². The monoisotopic (exact) mass is 334 g/mol. The van der Waals surface area contributed by atoms with Gasteiger partial charge in [-0.1, -0.05) is 22.0 Å². The van der Waals surface area contributed by atoms with Crippen LogP contribution in [0.1, 0.15) is 24.3 Å². The molecule has 2 N–H and O–H groups in total. The lowest BCUT2D eigenvalue weighted by Gasteiger charge is -2.18. The van der Waals surface area contributed by atoms with Gasteiger partial charge in [-0.15, -0.1) is 0 Å². The summed E-state index contributed by atoms with van der Waals surface area (Å²) in [5.74, 6) is 0.897. The van der Waals surface area contributed by atoms with E-state index in [4.69, 9.17) is 4.42 Å². The second kappa shape index (κ2) is 5.42. The van der Waals surface area contributed by atoms with Gasteiger partial charge in [0.2, 0.25) is 5.91 Å². The van der Waals surface area contributed by atoms with Crippen LogP contribution < -0.4 is 10.6 Å². The Bertz CT molecular complexity index is 625. The highest BCUT2D eigenvalue weighted by Gasteiger charge is 2.33. The fourth-order valence-electron chi connectivity index (χ4n) is 2.51. The molecule has 4 nitrogen and oxygen atoms in total. The summed E-state index contributed by atoms with van der Waals surface area (Å²) >= 11 is 3.52. The van der Waals surface area contributed by atoms with Gasteiger partial charge in [-0.2, -0.15) is 0 Å². The molecule has 3 rings (SSSR count). The number of halogens is 1. The highest BCUT2D eigenvalue weighted by atomic mass is 79.9. The van der Waals surface area contributed by atoms with E-state index in [0.717, 1.165) is 27.9 Å². The fraction of sp³-hybridized carbons (Fsp3) is 0.267. The molecule has 5 heteroatoms. The number of furan rings is 1. The van der Waals surface area contributed by atoms with E-state index in [1.54, 1.807) is 6.26 Å². The Hall–Kier alpha value is -1.59. The van der Waals surface area contributed by atoms with Gasteiger partial charge in [-0.05, 0) is 31.2 Å². The number of carbonyl (C=O) groups excluding carboxylic acids is 1. The van der Waals surface area contributed by atoms with E-state index in [-0.39, 0.29) is 18.0 Å². The molecule has 0 aliphatic carbocycles. The quantitative estimate of drug-likeness (QED) is 0.902. The zero-order chi connectivity index (χ0) is 14.1. The molecule has 0 fully saturated rings. The number of hydrogen-bond donors (Lipinski definition) is 2. The van der Waals surface area contributed by atoms with Crippen molar-refractivity contribution in [3.05, 3.63) is 52.4 Å². The van der Waals surface area contributed by atoms with Gasteiger partial charge in [0.25, 0.3) is 0 Å². The Kier molecular flexibility index (Phi) is 3.63. The minimum atomic E-state index is -0.328. The lowest BCUT2D eigenvalue weighted by molar-refractivity contribution is -0.117. The number of amides is 1. The highest BCUT2D eigenvalue weighted by Crippen LogP contribution is 2.36. The van der Waals surface area contributed by atoms with Crippen molar-refractivity contribution >= 4 is 27.5 Å². The Morgan fingerprint density at radius 2 is 2.25 bits per heavy atom. The molecule has 2 unspecified atom stereocenters. The maximum atomic E-state index is 12.1. The summed E-state index contributed by atoms with van der Waals surface area (Å²) in [5.41, 5.74) is 1.84. The first-order valence-corrected chi connectivity index (χ1v) is 7.32. The molecule has 2 atom stereocenters. The Balaban J connectivity index is 1.76. The SMILES string of the molecule is CC(Cc1ccco1)NC1C(=O)Nc2cccc(Br)c21. The second-order valence-electron chi connectivity index (χ2n) is 4.97. The lowest BCUT2D eigenvalue weighted by atomic mass is 10.1. The van der Waals surface area contributed by atoms with Gasteiger partial charge in [0, 0.05) is 28.2 Å². The Morgan fingerprint density at radius 3 is 3.00 bits per heavy atom. The number of hydrogen-bond acceptors (Lipinski definition) is 3. The normalized spacial score (nSPS) is 18.7. The van der Waals surface area contributed by atoms with Crippen LogP contribution in [0.5, 0.6) is 0 Å². The summed E-state index contributed by atoms with van der Waals surface area (Å²) in [4.78, 5) is 12.1. The molecule has 0 saturated carbocycles. The van der Waals surface area contributed by atoms with Crippen molar-refractivity contribution in [1.29, 1.82) is 0 Å². The van der Waals surface area contributed by atoms with Crippen LogP contribution in [0.25, 0.3) is 0 Å². The maximum absolute atomic E-state index is 12.1. The van der Waals surface area contributed by atoms with E-state index >= 15 is 0 Å². The summed E-state index contributed by atoms with van der Waals surface area (Å²) in [7, 11) is 0. The summed E-state index contributed by atoms with van der Waals surface area (Å²) in [6.07, 6.45) is 2.41. The van der Waals surface area contributed by atoms with Crippen LogP contribution in [-0.2, 0) is 11.2 Å². The molecule has 0 radical (unpaired) electrons. The third-order valence-electron chi connectivity index (χ3n) is 3.40. The van der Waals surface area contributed by atoms with Crippen molar-refractivity contribution in [3.63, 3.8) is 0 Å². The predicted molar refractivity (Wildman–Crippen MR) is 80.5 cm³/mol. The zero-order valence-electron chi connectivity index (χ0n) is 11.0. The molecule has 2 aromatic rings. The Labute approximate surface area is 125 Å². The van der Waals surface area contributed by atoms with Crippen LogP contribution >= 0.6 is 15.9 Å². The van der Waals surface area contributed by atoms with Gasteiger partial charge in [0.15, 0.2) is 0 Å². The smallest absolute Gasteiger partial charge is 0.246 e. The zero-order valence-corrected chi connectivity index (χ0v) is 12.6. The molecule has 0 bridgehead atoms. The molecular formula is C15H15BrN2O2. The molecule has 0 spiro atoms. The minimum absolute atomic E-state index is 0.0156. The van der Waals surface area contributed by atoms with Gasteiger partial charge in [0.05, 0.1) is 6.26 Å². The number of fused-ring (bicyclic) bond motifs is 1. The van der Waals surface area contributed by atoms with Crippen molar-refractivity contribution in [3.8, 4) is 0 Å². The number of rotatable bonds is 4. The van der Waals surface area contributed by atoms with Gasteiger partial charge in [-0.3, -0.25) is 10.1 Å². The lowest BCUT2D eigenvalue weighted by Crippen LogP contribution is -2.35. The molecule has 0 saturated heterocycles. The largest absolute Gasteiger partial charge is 0.469 e. The van der Waals surface area contributed by atoms with Crippen LogP contribution in [0.2, 0.25) is 0 Å². The van der Waals surface area contributed by atoms with Crippen LogP contribution in [0, 0.1) is 0 Å². The average Bonchev–Trinajstić information content (AvgIpc) is 2.99. The van der Waals surface area contributed by atoms with Gasteiger partial charge in [0.1, 0.15) is 11.8 Å². The predicted octanol–water partition coefficient (Wildman–Crippen LogP) is 3.26. The first-order chi connectivity index (χ1) is 9.65. The maximum Gasteiger partial charge on any atom is 0.246 e. The number of benzene rings is 1. The summed E-state index contributed by atoms with van der Waals surface area (Å²) < 4.78 is 6.28. The van der Waals surface area contributed by atoms with E-state index in [1.807, 2.05) is 37.3 Å². The molecule has 1 amide bonds. The molecule has 20 heavy (non-hydrogen) atoms. The van der Waals surface area contributed by atoms with Gasteiger partial charge in [-0.25, -0.2) is 0 Å². The topological polar surface area (TPSA) is 54.3 Å². The standard InChI is InChI=1S/C15H15BrN2O2/c1-9(8-10-4-3-7-20-10)17-14-13-11(16)5-2-6-12(13)18-15(14)19/h2-7,9,14,17H,8H2,1H3,(H,18,19). The average molecular weight is 335 g/mol. The molecule has 1 aromatic heterocycles. The highest BCUT2D eigenvalue weighted by molar-refractivity contribution is 9.10. The van der Waals surface area contributed by atoms with E-state index in [1.165, 1.54) is 0 Å². The van der Waals surface area contributed by atoms with E-state index < -0.39 is 0 Å². The number of nitrogens with one attached hydrogen (secondary N) is 2. The van der Waals surface area contributed by atoms with Crippen molar-refractivity contribution < 1.29 is 9.21 Å². The van der Waals surface area contributed by atoms with E-state index in [0.29, 0.717) is 0 Å². The van der Waals surface area contributed by atoms with Crippen LogP contribution in [0.4, 0.5) is 5.69 Å². The third-order valence-corrected chi connectivity index (χ3v) is 4.09. The molecular weight excluding hydrogens is 320 g/mol. The van der Waals surface area contributed by atoms with Gasteiger partial charge < -0.3 is 9.73 Å². The fourth-order valence-corrected chi connectivity index (χ4v) is 3.10. The summed E-state index contributed by atoms with van der Waals surface area (Å²) in [6.45, 7) is 2.05. The second-order valence-corrected chi connectivity index (χ2v) is 5.83. The summed E-state index contributed by atoms with van der Waals surface area (Å²) in [5, 5.41) is 6.26. The number of anilines is 1. The first-order valence-electron chi connectivity index (χ1n) is 6.53. The number of carbonyl (C=O) groups is 1. The Morgan fingerprint density at radius 1 is 1.40 bits per heavy atom. The van der Waals surface area contributed by atoms with E-state index in [9.17, 15) is 4.79 Å². The van der Waals surface area contributed by atoms with Crippen molar-refractivity contribution in [2.24, 2.45) is 0 Å². The summed E-state index contributed by atoms with van der Waals surface area (Å²) in [6, 6.07) is 9.40. The third kappa shape index (κ3) is 2.51. The van der Waals surface area contributed by atoms with Crippen LogP contribution in [0.15, 0.2) is 45.5 Å². The van der Waals surface area contributed by atoms with Gasteiger partial charge >= 0.3 is 0 Å². The minimum Gasteiger partial charge on any atom is -0.469 e. The van der Waals surface area contributed by atoms with Crippen LogP contribution in [-0.4, -0.2) is 11.9 Å². The van der Waals surface area contributed by atoms with E-state index in [2.05, 4.69) is 26.6 Å². The van der Waals surface area contributed by atoms with Crippen LogP contribution in [0.3, 0.4) is 0 Å². The van der Waals surface area contributed by atoms with Crippen molar-refractivity contribution in [2.75, 3.05) is 5.32 Å². The molecule has 2 heterocycles. The molecule has 104 valence electrons.